The Morgan fingerprint density at radius 1 is 1.20 bits per heavy atom. The van der Waals surface area contributed by atoms with Crippen LogP contribution in [0.15, 0.2) is 48.5 Å². The lowest BCUT2D eigenvalue weighted by Gasteiger charge is -2.28. The molecule has 1 atom stereocenters. The van der Waals surface area contributed by atoms with E-state index >= 15 is 0 Å². The van der Waals surface area contributed by atoms with E-state index in [9.17, 15) is 4.79 Å². The molecule has 2 aromatic rings. The molecule has 2 aliphatic rings. The normalized spacial score (nSPS) is 20.4. The van der Waals surface area contributed by atoms with Crippen LogP contribution in [0.5, 0.6) is 5.75 Å². The Bertz CT molecular complexity index is 783. The van der Waals surface area contributed by atoms with Crippen LogP contribution in [0.2, 0.25) is 0 Å². The average molecular weight is 336 g/mol. The molecule has 0 aromatic heterocycles. The summed E-state index contributed by atoms with van der Waals surface area (Å²) in [6, 6.07) is 16.5. The molecule has 1 unspecified atom stereocenters. The molecule has 130 valence electrons. The standard InChI is InChI=1S/C21H24N2O2/c1-25-19-9-5-4-8-17(19)21(11-12-21)20(24)23-14-18-16-7-3-2-6-15(16)10-13-22-18/h2-9,18,22H,10-14H2,1H3,(H,23,24). The maximum absolute atomic E-state index is 13.0. The lowest BCUT2D eigenvalue weighted by Crippen LogP contribution is -2.42. The first-order chi connectivity index (χ1) is 12.2. The van der Waals surface area contributed by atoms with Crippen molar-refractivity contribution in [2.75, 3.05) is 20.2 Å². The second-order valence-electron chi connectivity index (χ2n) is 6.95. The molecular weight excluding hydrogens is 312 g/mol. The van der Waals surface area contributed by atoms with Gasteiger partial charge in [0.2, 0.25) is 5.91 Å². The summed E-state index contributed by atoms with van der Waals surface area (Å²) in [6.45, 7) is 1.57. The van der Waals surface area contributed by atoms with Crippen LogP contribution in [-0.2, 0) is 16.6 Å². The minimum atomic E-state index is -0.416. The molecular formula is C21H24N2O2. The Kier molecular flexibility index (Phi) is 4.22. The fourth-order valence-corrected chi connectivity index (χ4v) is 3.92. The summed E-state index contributed by atoms with van der Waals surface area (Å²) in [7, 11) is 1.66. The zero-order chi connectivity index (χ0) is 17.3. The number of carbonyl (C=O) groups excluding carboxylic acids is 1. The smallest absolute Gasteiger partial charge is 0.230 e. The van der Waals surface area contributed by atoms with E-state index in [1.54, 1.807) is 7.11 Å². The van der Waals surface area contributed by atoms with Gasteiger partial charge in [0.05, 0.1) is 12.5 Å². The van der Waals surface area contributed by atoms with Gasteiger partial charge in [-0.3, -0.25) is 4.79 Å². The average Bonchev–Trinajstić information content (AvgIpc) is 3.48. The van der Waals surface area contributed by atoms with Gasteiger partial charge >= 0.3 is 0 Å². The molecule has 0 saturated heterocycles. The van der Waals surface area contributed by atoms with Crippen LogP contribution >= 0.6 is 0 Å². The van der Waals surface area contributed by atoms with Crippen LogP contribution in [0.4, 0.5) is 0 Å². The molecule has 1 amide bonds. The summed E-state index contributed by atoms with van der Waals surface area (Å²) in [5, 5.41) is 6.71. The second-order valence-corrected chi connectivity index (χ2v) is 6.95. The highest BCUT2D eigenvalue weighted by Gasteiger charge is 2.52. The third kappa shape index (κ3) is 2.91. The Labute approximate surface area is 148 Å². The zero-order valence-corrected chi connectivity index (χ0v) is 14.5. The second kappa shape index (κ2) is 6.52. The molecule has 4 rings (SSSR count). The Balaban J connectivity index is 1.48. The number of carbonyl (C=O) groups is 1. The van der Waals surface area contributed by atoms with Crippen LogP contribution in [0, 0.1) is 0 Å². The number of para-hydroxylation sites is 1. The minimum Gasteiger partial charge on any atom is -0.496 e. The number of ether oxygens (including phenoxy) is 1. The maximum Gasteiger partial charge on any atom is 0.230 e. The SMILES string of the molecule is COc1ccccc1C1(C(=O)NCC2NCCc3ccccc32)CC1. The molecule has 25 heavy (non-hydrogen) atoms. The summed E-state index contributed by atoms with van der Waals surface area (Å²) in [4.78, 5) is 13.0. The van der Waals surface area contributed by atoms with Crippen molar-refractivity contribution >= 4 is 5.91 Å². The molecule has 1 aliphatic carbocycles. The number of nitrogens with one attached hydrogen (secondary N) is 2. The van der Waals surface area contributed by atoms with Crippen LogP contribution in [0.25, 0.3) is 0 Å². The van der Waals surface area contributed by atoms with Crippen LogP contribution in [0.1, 0.15) is 35.6 Å². The zero-order valence-electron chi connectivity index (χ0n) is 14.5. The number of amides is 1. The van der Waals surface area contributed by atoms with Gasteiger partial charge in [-0.25, -0.2) is 0 Å². The number of methoxy groups -OCH3 is 1. The number of benzene rings is 2. The van der Waals surface area contributed by atoms with Crippen molar-refractivity contribution in [2.45, 2.75) is 30.7 Å². The van der Waals surface area contributed by atoms with E-state index < -0.39 is 5.41 Å². The predicted octanol–water partition coefficient (Wildman–Crippen LogP) is 2.73. The van der Waals surface area contributed by atoms with Gasteiger partial charge in [0.15, 0.2) is 0 Å². The molecule has 1 aliphatic heterocycles. The van der Waals surface area contributed by atoms with Crippen molar-refractivity contribution in [3.05, 3.63) is 65.2 Å². The Morgan fingerprint density at radius 3 is 2.76 bits per heavy atom. The van der Waals surface area contributed by atoms with Gasteiger partial charge in [-0.05, 0) is 43.0 Å². The van der Waals surface area contributed by atoms with E-state index in [1.165, 1.54) is 11.1 Å². The summed E-state index contributed by atoms with van der Waals surface area (Å²) >= 11 is 0. The van der Waals surface area contributed by atoms with Crippen LogP contribution in [0.3, 0.4) is 0 Å². The molecule has 2 N–H and O–H groups in total. The first-order valence-electron chi connectivity index (χ1n) is 8.97. The molecule has 0 radical (unpaired) electrons. The van der Waals surface area contributed by atoms with Gasteiger partial charge in [0, 0.05) is 18.2 Å². The highest BCUT2D eigenvalue weighted by Crippen LogP contribution is 2.51. The molecule has 1 heterocycles. The first kappa shape index (κ1) is 16.2. The number of hydrogen-bond donors (Lipinski definition) is 2. The van der Waals surface area contributed by atoms with E-state index in [0.29, 0.717) is 6.54 Å². The third-order valence-corrected chi connectivity index (χ3v) is 5.49. The monoisotopic (exact) mass is 336 g/mol. The lowest BCUT2D eigenvalue weighted by atomic mass is 9.92. The highest BCUT2D eigenvalue weighted by molar-refractivity contribution is 5.92. The summed E-state index contributed by atoms with van der Waals surface area (Å²) in [5.41, 5.74) is 3.27. The van der Waals surface area contributed by atoms with Crippen molar-refractivity contribution in [2.24, 2.45) is 0 Å². The molecule has 1 saturated carbocycles. The van der Waals surface area contributed by atoms with Gasteiger partial charge in [-0.15, -0.1) is 0 Å². The van der Waals surface area contributed by atoms with Gasteiger partial charge in [-0.2, -0.15) is 0 Å². The number of hydrogen-bond acceptors (Lipinski definition) is 3. The van der Waals surface area contributed by atoms with Crippen molar-refractivity contribution in [3.63, 3.8) is 0 Å². The van der Waals surface area contributed by atoms with Crippen molar-refractivity contribution in [3.8, 4) is 5.75 Å². The van der Waals surface area contributed by atoms with E-state index in [1.807, 2.05) is 24.3 Å². The molecule has 4 nitrogen and oxygen atoms in total. The van der Waals surface area contributed by atoms with E-state index in [0.717, 1.165) is 37.1 Å². The van der Waals surface area contributed by atoms with Gasteiger partial charge in [0.25, 0.3) is 0 Å². The fourth-order valence-electron chi connectivity index (χ4n) is 3.92. The van der Waals surface area contributed by atoms with E-state index in [4.69, 9.17) is 4.74 Å². The Morgan fingerprint density at radius 2 is 1.96 bits per heavy atom. The number of fused-ring (bicyclic) bond motifs is 1. The highest BCUT2D eigenvalue weighted by atomic mass is 16.5. The van der Waals surface area contributed by atoms with Crippen LogP contribution < -0.4 is 15.4 Å². The summed E-state index contributed by atoms with van der Waals surface area (Å²) < 4.78 is 5.47. The van der Waals surface area contributed by atoms with Gasteiger partial charge in [0.1, 0.15) is 5.75 Å². The first-order valence-corrected chi connectivity index (χ1v) is 8.97. The lowest BCUT2D eigenvalue weighted by molar-refractivity contribution is -0.123. The van der Waals surface area contributed by atoms with Gasteiger partial charge in [-0.1, -0.05) is 42.5 Å². The number of rotatable bonds is 5. The quantitative estimate of drug-likeness (QED) is 0.883. The fraction of sp³-hybridized carbons (Fsp3) is 0.381. The summed E-state index contributed by atoms with van der Waals surface area (Å²) in [6.07, 6.45) is 2.81. The van der Waals surface area contributed by atoms with Crippen molar-refractivity contribution < 1.29 is 9.53 Å². The van der Waals surface area contributed by atoms with Gasteiger partial charge < -0.3 is 15.4 Å². The van der Waals surface area contributed by atoms with E-state index in [-0.39, 0.29) is 11.9 Å². The molecule has 2 aromatic carbocycles. The largest absolute Gasteiger partial charge is 0.496 e. The third-order valence-electron chi connectivity index (χ3n) is 5.49. The molecule has 0 spiro atoms. The topological polar surface area (TPSA) is 50.4 Å². The Hall–Kier alpha value is -2.33. The minimum absolute atomic E-state index is 0.113. The molecule has 0 bridgehead atoms. The van der Waals surface area contributed by atoms with Crippen molar-refractivity contribution in [1.82, 2.24) is 10.6 Å². The predicted molar refractivity (Wildman–Crippen MR) is 97.8 cm³/mol. The summed E-state index contributed by atoms with van der Waals surface area (Å²) in [5.74, 6) is 0.915. The van der Waals surface area contributed by atoms with E-state index in [2.05, 4.69) is 34.9 Å². The van der Waals surface area contributed by atoms with Crippen molar-refractivity contribution in [1.29, 1.82) is 0 Å². The van der Waals surface area contributed by atoms with Crippen LogP contribution in [-0.4, -0.2) is 26.1 Å². The maximum atomic E-state index is 13.0. The molecule has 1 fully saturated rings. The molecule has 4 heteroatoms.